The van der Waals surface area contributed by atoms with Gasteiger partial charge in [0.2, 0.25) is 0 Å². The van der Waals surface area contributed by atoms with E-state index in [1.807, 2.05) is 0 Å². The molecule has 0 bridgehead atoms. The average molecular weight is 293 g/mol. The van der Waals surface area contributed by atoms with Gasteiger partial charge in [-0.05, 0) is 50.4 Å². The van der Waals surface area contributed by atoms with Crippen LogP contribution in [0.5, 0.6) is 0 Å². The molecule has 1 aliphatic heterocycles. The number of carbonyl (C=O) groups is 1. The second-order valence-corrected chi connectivity index (χ2v) is 7.47. The number of nitrogens with zero attached hydrogens (tertiary/aromatic N) is 1. The van der Waals surface area contributed by atoms with Gasteiger partial charge in [-0.3, -0.25) is 0 Å². The summed E-state index contributed by atoms with van der Waals surface area (Å²) in [6, 6.07) is 1.30. The van der Waals surface area contributed by atoms with Crippen LogP contribution in [0.4, 0.5) is 4.79 Å². The summed E-state index contributed by atoms with van der Waals surface area (Å²) in [5.74, 6) is 0. The van der Waals surface area contributed by atoms with Crippen LogP contribution in [0.1, 0.15) is 64.7 Å². The Kier molecular flexibility index (Phi) is 4.72. The van der Waals surface area contributed by atoms with Crippen molar-refractivity contribution in [2.75, 3.05) is 19.6 Å². The molecule has 0 atom stereocenters. The summed E-state index contributed by atoms with van der Waals surface area (Å²) >= 11 is 0. The van der Waals surface area contributed by atoms with E-state index in [2.05, 4.69) is 22.5 Å². The minimum absolute atomic E-state index is 0.0576. The maximum Gasteiger partial charge on any atom is 0.315 e. The van der Waals surface area contributed by atoms with E-state index in [-0.39, 0.29) is 6.03 Å². The standard InChI is InChI=1S/C17H31N3O/c1-2-8-17(9-3-10-17)13-18-16(21)19-14-6-11-20(12-7-14)15-4-5-15/h14-15H,2-13H2,1H3,(H2,18,19,21). The Hall–Kier alpha value is -0.770. The lowest BCUT2D eigenvalue weighted by Gasteiger charge is -2.42. The third-order valence-corrected chi connectivity index (χ3v) is 5.75. The van der Waals surface area contributed by atoms with Crippen LogP contribution in [0.2, 0.25) is 0 Å². The molecule has 0 aromatic carbocycles. The molecule has 3 rings (SSSR count). The molecule has 2 N–H and O–H groups in total. The second kappa shape index (κ2) is 6.55. The monoisotopic (exact) mass is 293 g/mol. The quantitative estimate of drug-likeness (QED) is 0.791. The van der Waals surface area contributed by atoms with Gasteiger partial charge in [0.1, 0.15) is 0 Å². The van der Waals surface area contributed by atoms with Gasteiger partial charge in [-0.1, -0.05) is 19.8 Å². The summed E-state index contributed by atoms with van der Waals surface area (Å²) in [7, 11) is 0. The van der Waals surface area contributed by atoms with E-state index in [1.54, 1.807) is 0 Å². The van der Waals surface area contributed by atoms with Gasteiger partial charge in [-0.25, -0.2) is 4.79 Å². The average Bonchev–Trinajstić information content (AvgIpc) is 3.27. The van der Waals surface area contributed by atoms with E-state index in [9.17, 15) is 4.79 Å². The fourth-order valence-electron chi connectivity index (χ4n) is 4.08. The molecule has 0 radical (unpaired) electrons. The molecule has 1 saturated heterocycles. The number of likely N-dealkylation sites (tertiary alicyclic amines) is 1. The largest absolute Gasteiger partial charge is 0.338 e. The van der Waals surface area contributed by atoms with E-state index in [0.29, 0.717) is 11.5 Å². The predicted molar refractivity (Wildman–Crippen MR) is 85.3 cm³/mol. The van der Waals surface area contributed by atoms with E-state index < -0.39 is 0 Å². The number of hydrogen-bond donors (Lipinski definition) is 2. The fraction of sp³-hybridized carbons (Fsp3) is 0.941. The van der Waals surface area contributed by atoms with E-state index >= 15 is 0 Å². The molecule has 4 heteroatoms. The van der Waals surface area contributed by atoms with Crippen LogP contribution in [0.15, 0.2) is 0 Å². The van der Waals surface area contributed by atoms with Gasteiger partial charge in [0.15, 0.2) is 0 Å². The highest BCUT2D eigenvalue weighted by Gasteiger charge is 2.36. The Labute approximate surface area is 129 Å². The lowest BCUT2D eigenvalue weighted by molar-refractivity contribution is 0.117. The molecule has 1 heterocycles. The molecule has 4 nitrogen and oxygen atoms in total. The summed E-state index contributed by atoms with van der Waals surface area (Å²) in [6.07, 6.45) is 11.4. The summed E-state index contributed by atoms with van der Waals surface area (Å²) in [4.78, 5) is 14.7. The molecule has 120 valence electrons. The van der Waals surface area contributed by atoms with Gasteiger partial charge in [0, 0.05) is 31.7 Å². The zero-order chi connectivity index (χ0) is 14.7. The highest BCUT2D eigenvalue weighted by molar-refractivity contribution is 5.74. The zero-order valence-corrected chi connectivity index (χ0v) is 13.5. The molecule has 2 amide bonds. The van der Waals surface area contributed by atoms with Gasteiger partial charge in [-0.2, -0.15) is 0 Å². The zero-order valence-electron chi connectivity index (χ0n) is 13.5. The molecule has 3 aliphatic rings. The number of carbonyl (C=O) groups excluding carboxylic acids is 1. The lowest BCUT2D eigenvalue weighted by atomic mass is 9.66. The third-order valence-electron chi connectivity index (χ3n) is 5.75. The van der Waals surface area contributed by atoms with Crippen LogP contribution >= 0.6 is 0 Å². The first-order valence-electron chi connectivity index (χ1n) is 8.99. The van der Waals surface area contributed by atoms with Crippen LogP contribution in [0.25, 0.3) is 0 Å². The highest BCUT2D eigenvalue weighted by atomic mass is 16.2. The number of urea groups is 1. The second-order valence-electron chi connectivity index (χ2n) is 7.47. The van der Waals surface area contributed by atoms with Crippen LogP contribution in [0.3, 0.4) is 0 Å². The van der Waals surface area contributed by atoms with Gasteiger partial charge < -0.3 is 15.5 Å². The number of amides is 2. The van der Waals surface area contributed by atoms with Crippen LogP contribution in [0, 0.1) is 5.41 Å². The molecule has 0 unspecified atom stereocenters. The van der Waals surface area contributed by atoms with Crippen LogP contribution in [-0.4, -0.2) is 42.6 Å². The number of hydrogen-bond acceptors (Lipinski definition) is 2. The van der Waals surface area contributed by atoms with Crippen molar-refractivity contribution in [2.24, 2.45) is 5.41 Å². The Balaban J connectivity index is 1.34. The summed E-state index contributed by atoms with van der Waals surface area (Å²) in [6.45, 7) is 5.44. The molecule has 2 aliphatic carbocycles. The first kappa shape index (κ1) is 15.1. The normalized spacial score (nSPS) is 26.1. The lowest BCUT2D eigenvalue weighted by Crippen LogP contribution is -2.51. The van der Waals surface area contributed by atoms with Crippen molar-refractivity contribution < 1.29 is 4.79 Å². The SMILES string of the molecule is CCCC1(CNC(=O)NC2CCN(C3CC3)CC2)CCC1. The Bertz CT molecular complexity index is 355. The third kappa shape index (κ3) is 3.91. The van der Waals surface area contributed by atoms with Crippen molar-refractivity contribution in [3.05, 3.63) is 0 Å². The smallest absolute Gasteiger partial charge is 0.315 e. The molecule has 21 heavy (non-hydrogen) atoms. The van der Waals surface area contributed by atoms with Crippen LogP contribution < -0.4 is 10.6 Å². The van der Waals surface area contributed by atoms with Gasteiger partial charge >= 0.3 is 6.03 Å². The van der Waals surface area contributed by atoms with Gasteiger partial charge in [0.05, 0.1) is 0 Å². The number of nitrogens with one attached hydrogen (secondary N) is 2. The number of rotatable bonds is 6. The van der Waals surface area contributed by atoms with Gasteiger partial charge in [-0.15, -0.1) is 0 Å². The van der Waals surface area contributed by atoms with E-state index in [0.717, 1.165) is 38.5 Å². The van der Waals surface area contributed by atoms with Crippen molar-refractivity contribution in [1.82, 2.24) is 15.5 Å². The predicted octanol–water partition coefficient (Wildman–Crippen LogP) is 2.88. The molecule has 0 aromatic heterocycles. The fourth-order valence-corrected chi connectivity index (χ4v) is 4.08. The van der Waals surface area contributed by atoms with Gasteiger partial charge in [0.25, 0.3) is 0 Å². The van der Waals surface area contributed by atoms with Crippen LogP contribution in [-0.2, 0) is 0 Å². The summed E-state index contributed by atoms with van der Waals surface area (Å²) in [5, 5.41) is 6.33. The molecule has 3 fully saturated rings. The van der Waals surface area contributed by atoms with Crippen molar-refractivity contribution in [3.63, 3.8) is 0 Å². The first-order valence-corrected chi connectivity index (χ1v) is 8.99. The first-order chi connectivity index (χ1) is 10.2. The van der Waals surface area contributed by atoms with Crippen molar-refractivity contribution in [2.45, 2.75) is 76.8 Å². The molecule has 0 spiro atoms. The summed E-state index contributed by atoms with van der Waals surface area (Å²) < 4.78 is 0. The maximum atomic E-state index is 12.1. The molecular weight excluding hydrogens is 262 g/mol. The minimum Gasteiger partial charge on any atom is -0.338 e. The molecule has 2 saturated carbocycles. The maximum absolute atomic E-state index is 12.1. The minimum atomic E-state index is 0.0576. The highest BCUT2D eigenvalue weighted by Crippen LogP contribution is 2.44. The Morgan fingerprint density at radius 1 is 1.19 bits per heavy atom. The number of piperidine rings is 1. The Morgan fingerprint density at radius 2 is 1.90 bits per heavy atom. The van der Waals surface area contributed by atoms with Crippen molar-refractivity contribution in [3.8, 4) is 0 Å². The van der Waals surface area contributed by atoms with E-state index in [4.69, 9.17) is 0 Å². The van der Waals surface area contributed by atoms with E-state index in [1.165, 1.54) is 44.9 Å². The van der Waals surface area contributed by atoms with Crippen molar-refractivity contribution >= 4 is 6.03 Å². The molecular formula is C17H31N3O. The molecule has 0 aromatic rings. The topological polar surface area (TPSA) is 44.4 Å². The van der Waals surface area contributed by atoms with Crippen molar-refractivity contribution in [1.29, 1.82) is 0 Å². The summed E-state index contributed by atoms with van der Waals surface area (Å²) in [5.41, 5.74) is 0.418. The Morgan fingerprint density at radius 3 is 2.43 bits per heavy atom.